The first-order chi connectivity index (χ1) is 9.91. The lowest BCUT2D eigenvalue weighted by Gasteiger charge is -2.08. The van der Waals surface area contributed by atoms with Gasteiger partial charge in [0.15, 0.2) is 0 Å². The number of carboxylic acid groups (broad SMARTS) is 1. The van der Waals surface area contributed by atoms with Crippen LogP contribution in [-0.4, -0.2) is 36.7 Å². The van der Waals surface area contributed by atoms with Crippen LogP contribution < -0.4 is 5.32 Å². The third-order valence-corrected chi connectivity index (χ3v) is 2.79. The van der Waals surface area contributed by atoms with E-state index in [0.717, 1.165) is 0 Å². The van der Waals surface area contributed by atoms with E-state index in [1.54, 1.807) is 6.92 Å². The standard InChI is InChI=1S/C15H23NO5/c1-10(2)8-20-6-4-5-16-15(19)14-11(3)9-21-12(14)7-13(17)18/h9-10H,4-8H2,1-3H3,(H,16,19)(H,17,18). The predicted octanol–water partition coefficient (Wildman–Crippen LogP) is 2.01. The van der Waals surface area contributed by atoms with Gasteiger partial charge in [-0.2, -0.15) is 0 Å². The largest absolute Gasteiger partial charge is 0.481 e. The number of rotatable bonds is 9. The molecule has 1 aromatic rings. The second-order valence-electron chi connectivity index (χ2n) is 5.37. The van der Waals surface area contributed by atoms with E-state index in [-0.39, 0.29) is 18.1 Å². The minimum atomic E-state index is -1.03. The van der Waals surface area contributed by atoms with Crippen molar-refractivity contribution in [3.63, 3.8) is 0 Å². The molecule has 2 N–H and O–H groups in total. The van der Waals surface area contributed by atoms with E-state index in [1.165, 1.54) is 6.26 Å². The molecule has 21 heavy (non-hydrogen) atoms. The van der Waals surface area contributed by atoms with Crippen LogP contribution in [0.5, 0.6) is 0 Å². The Morgan fingerprint density at radius 2 is 2.14 bits per heavy atom. The maximum atomic E-state index is 12.1. The van der Waals surface area contributed by atoms with Gasteiger partial charge in [0.2, 0.25) is 0 Å². The van der Waals surface area contributed by atoms with Crippen molar-refractivity contribution < 1.29 is 23.8 Å². The number of furan rings is 1. The third-order valence-electron chi connectivity index (χ3n) is 2.79. The molecule has 1 rings (SSSR count). The van der Waals surface area contributed by atoms with Crippen LogP contribution in [0.3, 0.4) is 0 Å². The molecule has 0 atom stereocenters. The van der Waals surface area contributed by atoms with Crippen LogP contribution in [0.2, 0.25) is 0 Å². The van der Waals surface area contributed by atoms with Crippen LogP contribution >= 0.6 is 0 Å². The number of ether oxygens (including phenoxy) is 1. The lowest BCUT2D eigenvalue weighted by molar-refractivity contribution is -0.136. The van der Waals surface area contributed by atoms with Crippen molar-refractivity contribution in [2.45, 2.75) is 33.6 Å². The highest BCUT2D eigenvalue weighted by Gasteiger charge is 2.19. The summed E-state index contributed by atoms with van der Waals surface area (Å²) in [5.41, 5.74) is 0.959. The molecule has 0 spiro atoms. The average molecular weight is 297 g/mol. The van der Waals surface area contributed by atoms with Gasteiger partial charge in [0.05, 0.1) is 11.8 Å². The van der Waals surface area contributed by atoms with E-state index in [0.29, 0.717) is 43.2 Å². The molecular formula is C15H23NO5. The van der Waals surface area contributed by atoms with E-state index in [2.05, 4.69) is 19.2 Å². The summed E-state index contributed by atoms with van der Waals surface area (Å²) in [6.07, 6.45) is 1.82. The Bertz CT molecular complexity index is 478. The fraction of sp³-hybridized carbons (Fsp3) is 0.600. The Labute approximate surface area is 124 Å². The molecule has 0 fully saturated rings. The lowest BCUT2D eigenvalue weighted by atomic mass is 10.1. The number of aliphatic carboxylic acids is 1. The number of carboxylic acids is 1. The maximum Gasteiger partial charge on any atom is 0.311 e. The number of hydrogen-bond donors (Lipinski definition) is 2. The van der Waals surface area contributed by atoms with E-state index in [1.807, 2.05) is 0 Å². The first-order valence-corrected chi connectivity index (χ1v) is 7.06. The fourth-order valence-electron chi connectivity index (χ4n) is 1.85. The molecule has 1 heterocycles. The fourth-order valence-corrected chi connectivity index (χ4v) is 1.85. The Morgan fingerprint density at radius 1 is 1.43 bits per heavy atom. The highest BCUT2D eigenvalue weighted by Crippen LogP contribution is 2.17. The quantitative estimate of drug-likeness (QED) is 0.681. The zero-order chi connectivity index (χ0) is 15.8. The number of aryl methyl sites for hydroxylation is 1. The van der Waals surface area contributed by atoms with E-state index in [4.69, 9.17) is 14.3 Å². The summed E-state index contributed by atoms with van der Waals surface area (Å²) in [5, 5.41) is 11.5. The maximum absolute atomic E-state index is 12.1. The minimum Gasteiger partial charge on any atom is -0.481 e. The van der Waals surface area contributed by atoms with Gasteiger partial charge in [0.25, 0.3) is 5.91 Å². The van der Waals surface area contributed by atoms with Crippen LogP contribution in [0.4, 0.5) is 0 Å². The second-order valence-corrected chi connectivity index (χ2v) is 5.37. The molecule has 0 aliphatic rings. The van der Waals surface area contributed by atoms with Crippen molar-refractivity contribution in [3.05, 3.63) is 23.2 Å². The zero-order valence-corrected chi connectivity index (χ0v) is 12.8. The molecule has 0 saturated heterocycles. The lowest BCUT2D eigenvalue weighted by Crippen LogP contribution is -2.26. The summed E-state index contributed by atoms with van der Waals surface area (Å²) in [4.78, 5) is 22.8. The first kappa shape index (κ1) is 17.2. The molecular weight excluding hydrogens is 274 g/mol. The predicted molar refractivity (Wildman–Crippen MR) is 77.4 cm³/mol. The van der Waals surface area contributed by atoms with Crippen molar-refractivity contribution in [1.29, 1.82) is 0 Å². The summed E-state index contributed by atoms with van der Waals surface area (Å²) >= 11 is 0. The smallest absolute Gasteiger partial charge is 0.311 e. The van der Waals surface area contributed by atoms with Crippen LogP contribution in [0.15, 0.2) is 10.7 Å². The van der Waals surface area contributed by atoms with Gasteiger partial charge in [0, 0.05) is 25.3 Å². The van der Waals surface area contributed by atoms with Crippen molar-refractivity contribution in [1.82, 2.24) is 5.32 Å². The van der Waals surface area contributed by atoms with Crippen molar-refractivity contribution in [3.8, 4) is 0 Å². The SMILES string of the molecule is Cc1coc(CC(=O)O)c1C(=O)NCCCOCC(C)C. The number of amides is 1. The third kappa shape index (κ3) is 5.99. The summed E-state index contributed by atoms with van der Waals surface area (Å²) in [7, 11) is 0. The van der Waals surface area contributed by atoms with Crippen LogP contribution in [-0.2, 0) is 16.0 Å². The van der Waals surface area contributed by atoms with Crippen LogP contribution in [0.1, 0.15) is 41.9 Å². The number of carbonyl (C=O) groups excluding carboxylic acids is 1. The molecule has 1 aromatic heterocycles. The summed E-state index contributed by atoms with van der Waals surface area (Å²) in [6, 6.07) is 0. The van der Waals surface area contributed by atoms with Gasteiger partial charge < -0.3 is 19.6 Å². The van der Waals surface area contributed by atoms with Gasteiger partial charge in [-0.25, -0.2) is 0 Å². The van der Waals surface area contributed by atoms with Gasteiger partial charge in [0.1, 0.15) is 12.2 Å². The molecule has 1 amide bonds. The Hall–Kier alpha value is -1.82. The van der Waals surface area contributed by atoms with Gasteiger partial charge in [-0.15, -0.1) is 0 Å². The van der Waals surface area contributed by atoms with E-state index >= 15 is 0 Å². The highest BCUT2D eigenvalue weighted by atomic mass is 16.5. The number of hydrogen-bond acceptors (Lipinski definition) is 4. The number of nitrogens with one attached hydrogen (secondary N) is 1. The normalized spacial score (nSPS) is 10.9. The summed E-state index contributed by atoms with van der Waals surface area (Å²) < 4.78 is 10.6. The van der Waals surface area contributed by atoms with Gasteiger partial charge in [-0.1, -0.05) is 13.8 Å². The molecule has 0 aromatic carbocycles. The van der Waals surface area contributed by atoms with Gasteiger partial charge in [-0.3, -0.25) is 9.59 Å². The molecule has 0 saturated carbocycles. The molecule has 0 bridgehead atoms. The number of carbonyl (C=O) groups is 2. The highest BCUT2D eigenvalue weighted by molar-refractivity contribution is 5.97. The van der Waals surface area contributed by atoms with Crippen LogP contribution in [0, 0.1) is 12.8 Å². The molecule has 0 aliphatic carbocycles. The first-order valence-electron chi connectivity index (χ1n) is 7.06. The Balaban J connectivity index is 2.41. The van der Waals surface area contributed by atoms with Crippen molar-refractivity contribution in [2.24, 2.45) is 5.92 Å². The topological polar surface area (TPSA) is 88.8 Å². The minimum absolute atomic E-state index is 0.188. The molecule has 6 heteroatoms. The monoisotopic (exact) mass is 297 g/mol. The van der Waals surface area contributed by atoms with Gasteiger partial charge in [-0.05, 0) is 19.3 Å². The Kier molecular flexibility index (Phi) is 6.94. The van der Waals surface area contributed by atoms with Crippen LogP contribution in [0.25, 0.3) is 0 Å². The average Bonchev–Trinajstić information content (AvgIpc) is 2.73. The second kappa shape index (κ2) is 8.46. The van der Waals surface area contributed by atoms with E-state index < -0.39 is 5.97 Å². The molecule has 118 valence electrons. The van der Waals surface area contributed by atoms with Gasteiger partial charge >= 0.3 is 5.97 Å². The van der Waals surface area contributed by atoms with Crippen molar-refractivity contribution >= 4 is 11.9 Å². The molecule has 6 nitrogen and oxygen atoms in total. The van der Waals surface area contributed by atoms with Crippen molar-refractivity contribution in [2.75, 3.05) is 19.8 Å². The molecule has 0 unspecified atom stereocenters. The van der Waals surface area contributed by atoms with E-state index in [9.17, 15) is 9.59 Å². The molecule has 0 radical (unpaired) electrons. The summed E-state index contributed by atoms with van der Waals surface area (Å²) in [5.74, 6) is -0.651. The molecule has 0 aliphatic heterocycles. The summed E-state index contributed by atoms with van der Waals surface area (Å²) in [6.45, 7) is 7.65. The zero-order valence-electron chi connectivity index (χ0n) is 12.8. The Morgan fingerprint density at radius 3 is 2.76 bits per heavy atom.